The summed E-state index contributed by atoms with van der Waals surface area (Å²) in [6.45, 7) is 7.10. The van der Waals surface area contributed by atoms with Crippen LogP contribution in [-0.2, 0) is 12.0 Å². The minimum absolute atomic E-state index is 0. The molecular formula is C16H28ClN3O. The van der Waals surface area contributed by atoms with Gasteiger partial charge in [0.15, 0.2) is 5.82 Å². The van der Waals surface area contributed by atoms with Gasteiger partial charge in [-0.1, -0.05) is 25.9 Å². The smallest absolute Gasteiger partial charge is 0.226 e. The number of halogens is 1. The summed E-state index contributed by atoms with van der Waals surface area (Å²) in [5.41, 5.74) is 6.38. The van der Waals surface area contributed by atoms with Crippen molar-refractivity contribution in [1.29, 1.82) is 0 Å². The molecule has 2 aliphatic rings. The van der Waals surface area contributed by atoms with Crippen molar-refractivity contribution >= 4 is 12.4 Å². The fraction of sp³-hybridized carbons (Fsp3) is 0.875. The predicted molar refractivity (Wildman–Crippen MR) is 85.3 cm³/mol. The quantitative estimate of drug-likeness (QED) is 0.921. The second-order valence-corrected chi connectivity index (χ2v) is 8.00. The highest BCUT2D eigenvalue weighted by molar-refractivity contribution is 5.85. The molecule has 21 heavy (non-hydrogen) atoms. The van der Waals surface area contributed by atoms with Crippen molar-refractivity contribution < 1.29 is 4.52 Å². The summed E-state index contributed by atoms with van der Waals surface area (Å²) >= 11 is 0. The van der Waals surface area contributed by atoms with E-state index in [9.17, 15) is 0 Å². The molecular weight excluding hydrogens is 286 g/mol. The third-order valence-electron chi connectivity index (χ3n) is 5.10. The Morgan fingerprint density at radius 3 is 2.57 bits per heavy atom. The van der Waals surface area contributed by atoms with Crippen molar-refractivity contribution in [2.75, 3.05) is 0 Å². The molecule has 2 fully saturated rings. The van der Waals surface area contributed by atoms with E-state index in [0.29, 0.717) is 11.3 Å². The van der Waals surface area contributed by atoms with Crippen LogP contribution in [-0.4, -0.2) is 10.1 Å². The maximum absolute atomic E-state index is 6.25. The van der Waals surface area contributed by atoms with Gasteiger partial charge >= 0.3 is 0 Å². The Bertz CT molecular complexity index is 482. The van der Waals surface area contributed by atoms with Crippen molar-refractivity contribution in [2.24, 2.45) is 23.0 Å². The van der Waals surface area contributed by atoms with E-state index in [-0.39, 0.29) is 17.9 Å². The molecule has 0 radical (unpaired) electrons. The van der Waals surface area contributed by atoms with Crippen LogP contribution in [0.2, 0.25) is 0 Å². The summed E-state index contributed by atoms with van der Waals surface area (Å²) in [4.78, 5) is 4.57. The van der Waals surface area contributed by atoms with E-state index in [1.807, 2.05) is 0 Å². The lowest BCUT2D eigenvalue weighted by molar-refractivity contribution is 0.127. The van der Waals surface area contributed by atoms with Gasteiger partial charge in [0.2, 0.25) is 5.89 Å². The molecule has 0 aliphatic heterocycles. The fourth-order valence-corrected chi connectivity index (χ4v) is 4.27. The van der Waals surface area contributed by atoms with Crippen LogP contribution < -0.4 is 5.73 Å². The topological polar surface area (TPSA) is 64.9 Å². The molecule has 2 N–H and O–H groups in total. The molecule has 1 aromatic heterocycles. The molecule has 0 saturated heterocycles. The molecule has 2 atom stereocenters. The molecule has 0 spiro atoms. The van der Waals surface area contributed by atoms with Crippen LogP contribution >= 0.6 is 12.4 Å². The third-order valence-corrected chi connectivity index (χ3v) is 5.10. The number of nitrogens with two attached hydrogens (primary N) is 1. The predicted octanol–water partition coefficient (Wildman–Crippen LogP) is 3.83. The van der Waals surface area contributed by atoms with Crippen molar-refractivity contribution in [3.8, 4) is 0 Å². The molecule has 2 saturated carbocycles. The molecule has 120 valence electrons. The fourth-order valence-electron chi connectivity index (χ4n) is 4.27. The average molecular weight is 314 g/mol. The maximum atomic E-state index is 6.25. The molecule has 5 heteroatoms. The van der Waals surface area contributed by atoms with E-state index in [4.69, 9.17) is 10.3 Å². The molecule has 1 heterocycles. The molecule has 0 aromatic carbocycles. The van der Waals surface area contributed by atoms with Gasteiger partial charge in [-0.25, -0.2) is 0 Å². The first-order valence-corrected chi connectivity index (χ1v) is 7.98. The number of aromatic nitrogens is 2. The average Bonchev–Trinajstić information content (AvgIpc) is 2.71. The zero-order valence-electron chi connectivity index (χ0n) is 13.4. The second-order valence-electron chi connectivity index (χ2n) is 8.00. The van der Waals surface area contributed by atoms with Crippen LogP contribution in [0.4, 0.5) is 0 Å². The lowest BCUT2D eigenvalue weighted by Crippen LogP contribution is -2.44. The molecule has 3 rings (SSSR count). The lowest BCUT2D eigenvalue weighted by Gasteiger charge is -2.38. The number of rotatable bonds is 3. The van der Waals surface area contributed by atoms with Gasteiger partial charge < -0.3 is 10.3 Å². The third kappa shape index (κ3) is 3.59. The van der Waals surface area contributed by atoms with Gasteiger partial charge in [-0.3, -0.25) is 0 Å². The van der Waals surface area contributed by atoms with Crippen LogP contribution in [0, 0.1) is 17.3 Å². The molecule has 0 amide bonds. The van der Waals surface area contributed by atoms with Crippen molar-refractivity contribution in [3.05, 3.63) is 11.7 Å². The van der Waals surface area contributed by atoms with Crippen molar-refractivity contribution in [2.45, 2.75) is 71.3 Å². The minimum Gasteiger partial charge on any atom is -0.339 e. The SMILES string of the molecule is CC1CC(Cc2nc(C3(N)CCC3)no2)CC(C)(C)C1.Cl. The summed E-state index contributed by atoms with van der Waals surface area (Å²) in [5, 5.41) is 4.12. The first-order chi connectivity index (χ1) is 9.36. The normalized spacial score (nSPS) is 30.3. The summed E-state index contributed by atoms with van der Waals surface area (Å²) in [7, 11) is 0. The minimum atomic E-state index is -0.305. The van der Waals surface area contributed by atoms with Gasteiger partial charge in [0.05, 0.1) is 5.54 Å². The lowest BCUT2D eigenvalue weighted by atomic mass is 9.67. The van der Waals surface area contributed by atoms with Gasteiger partial charge in [0, 0.05) is 6.42 Å². The molecule has 0 bridgehead atoms. The zero-order valence-corrected chi connectivity index (χ0v) is 14.2. The van der Waals surface area contributed by atoms with Crippen molar-refractivity contribution in [1.82, 2.24) is 10.1 Å². The largest absolute Gasteiger partial charge is 0.339 e. The van der Waals surface area contributed by atoms with Crippen LogP contribution in [0.1, 0.15) is 71.0 Å². The summed E-state index contributed by atoms with van der Waals surface area (Å²) in [6.07, 6.45) is 7.91. The maximum Gasteiger partial charge on any atom is 0.226 e. The van der Waals surface area contributed by atoms with E-state index in [0.717, 1.165) is 36.9 Å². The first kappa shape index (κ1) is 16.8. The van der Waals surface area contributed by atoms with E-state index in [1.165, 1.54) is 25.7 Å². The van der Waals surface area contributed by atoms with Gasteiger partial charge in [-0.15, -0.1) is 12.4 Å². The van der Waals surface area contributed by atoms with E-state index in [1.54, 1.807) is 0 Å². The Morgan fingerprint density at radius 2 is 2.00 bits per heavy atom. The Kier molecular flexibility index (Phi) is 4.69. The number of nitrogens with zero attached hydrogens (tertiary/aromatic N) is 2. The second kappa shape index (κ2) is 5.88. The highest BCUT2D eigenvalue weighted by Gasteiger charge is 2.39. The first-order valence-electron chi connectivity index (χ1n) is 7.98. The highest BCUT2D eigenvalue weighted by Crippen LogP contribution is 2.43. The Morgan fingerprint density at radius 1 is 1.29 bits per heavy atom. The van der Waals surface area contributed by atoms with Gasteiger partial charge in [0.1, 0.15) is 0 Å². The molecule has 2 unspecified atom stereocenters. The number of hydrogen-bond donors (Lipinski definition) is 1. The molecule has 4 nitrogen and oxygen atoms in total. The van der Waals surface area contributed by atoms with Crippen LogP contribution in [0.5, 0.6) is 0 Å². The van der Waals surface area contributed by atoms with Crippen LogP contribution in [0.25, 0.3) is 0 Å². The van der Waals surface area contributed by atoms with Crippen LogP contribution in [0.3, 0.4) is 0 Å². The van der Waals surface area contributed by atoms with E-state index in [2.05, 4.69) is 30.9 Å². The number of hydrogen-bond acceptors (Lipinski definition) is 4. The molecule has 1 aromatic rings. The monoisotopic (exact) mass is 313 g/mol. The van der Waals surface area contributed by atoms with E-state index < -0.39 is 0 Å². The van der Waals surface area contributed by atoms with Crippen LogP contribution in [0.15, 0.2) is 4.52 Å². The summed E-state index contributed by atoms with van der Waals surface area (Å²) < 4.78 is 5.45. The highest BCUT2D eigenvalue weighted by atomic mass is 35.5. The van der Waals surface area contributed by atoms with Crippen molar-refractivity contribution in [3.63, 3.8) is 0 Å². The zero-order chi connectivity index (χ0) is 14.4. The Hall–Kier alpha value is -0.610. The standard InChI is InChI=1S/C16H27N3O.ClH/c1-11-7-12(10-15(2,3)9-11)8-13-18-14(19-20-13)16(17)5-4-6-16;/h11-12H,4-10,17H2,1-3H3;1H. The Labute approximate surface area is 133 Å². The van der Waals surface area contributed by atoms with Gasteiger partial charge in [-0.2, -0.15) is 4.98 Å². The van der Waals surface area contributed by atoms with Gasteiger partial charge in [-0.05, 0) is 55.8 Å². The Balaban J connectivity index is 0.00000161. The van der Waals surface area contributed by atoms with Gasteiger partial charge in [0.25, 0.3) is 0 Å². The van der Waals surface area contributed by atoms with E-state index >= 15 is 0 Å². The summed E-state index contributed by atoms with van der Waals surface area (Å²) in [5.74, 6) is 2.96. The summed E-state index contributed by atoms with van der Waals surface area (Å²) in [6, 6.07) is 0. The molecule has 2 aliphatic carbocycles.